The third-order valence-electron chi connectivity index (χ3n) is 3.51. The van der Waals surface area contributed by atoms with E-state index in [-0.39, 0.29) is 5.38 Å². The largest absolute Gasteiger partial charge is 0.495 e. The minimum atomic E-state index is -0.232. The molecule has 1 aliphatic rings. The van der Waals surface area contributed by atoms with Crippen LogP contribution in [0, 0.1) is 0 Å². The SMILES string of the molecule is COc1ccc(C(Cl)c2ccc3c(c2)COC3)cc1Cl. The smallest absolute Gasteiger partial charge is 0.137 e. The van der Waals surface area contributed by atoms with Gasteiger partial charge in [-0.1, -0.05) is 35.9 Å². The minimum absolute atomic E-state index is 0.232. The first-order valence-electron chi connectivity index (χ1n) is 6.36. The Balaban J connectivity index is 1.92. The molecule has 20 heavy (non-hydrogen) atoms. The van der Waals surface area contributed by atoms with Crippen molar-refractivity contribution in [3.63, 3.8) is 0 Å². The lowest BCUT2D eigenvalue weighted by atomic mass is 10.00. The highest BCUT2D eigenvalue weighted by Gasteiger charge is 2.17. The average Bonchev–Trinajstić information content (AvgIpc) is 2.93. The Morgan fingerprint density at radius 3 is 2.50 bits per heavy atom. The monoisotopic (exact) mass is 308 g/mol. The summed E-state index contributed by atoms with van der Waals surface area (Å²) < 4.78 is 10.6. The van der Waals surface area contributed by atoms with Crippen LogP contribution in [0.1, 0.15) is 27.6 Å². The Labute approximate surface area is 128 Å². The lowest BCUT2D eigenvalue weighted by molar-refractivity contribution is 0.134. The van der Waals surface area contributed by atoms with Crippen molar-refractivity contribution in [3.8, 4) is 5.75 Å². The normalized spacial score (nSPS) is 14.9. The molecule has 0 aliphatic carbocycles. The van der Waals surface area contributed by atoms with Crippen molar-refractivity contribution in [1.82, 2.24) is 0 Å². The molecule has 104 valence electrons. The lowest BCUT2D eigenvalue weighted by Gasteiger charge is -2.13. The summed E-state index contributed by atoms with van der Waals surface area (Å²) in [5.41, 5.74) is 4.46. The number of benzene rings is 2. The zero-order valence-corrected chi connectivity index (χ0v) is 12.5. The number of ether oxygens (including phenoxy) is 2. The molecule has 0 radical (unpaired) electrons. The van der Waals surface area contributed by atoms with E-state index >= 15 is 0 Å². The van der Waals surface area contributed by atoms with Crippen LogP contribution < -0.4 is 4.74 Å². The van der Waals surface area contributed by atoms with Crippen LogP contribution in [0.15, 0.2) is 36.4 Å². The van der Waals surface area contributed by atoms with E-state index < -0.39 is 0 Å². The van der Waals surface area contributed by atoms with E-state index in [9.17, 15) is 0 Å². The third-order valence-corrected chi connectivity index (χ3v) is 4.31. The second-order valence-electron chi connectivity index (χ2n) is 4.78. The molecule has 0 fully saturated rings. The van der Waals surface area contributed by atoms with Crippen molar-refractivity contribution in [1.29, 1.82) is 0 Å². The fourth-order valence-corrected chi connectivity index (χ4v) is 2.92. The number of halogens is 2. The minimum Gasteiger partial charge on any atom is -0.495 e. The predicted octanol–water partition coefficient (Wildman–Crippen LogP) is 4.71. The molecule has 1 aliphatic heterocycles. The molecule has 0 N–H and O–H groups in total. The molecule has 0 saturated heterocycles. The van der Waals surface area contributed by atoms with Crippen LogP contribution in [0.25, 0.3) is 0 Å². The molecule has 0 amide bonds. The van der Waals surface area contributed by atoms with Gasteiger partial charge in [0.1, 0.15) is 5.75 Å². The zero-order valence-electron chi connectivity index (χ0n) is 11.0. The molecule has 0 spiro atoms. The second kappa shape index (κ2) is 5.65. The Bertz CT molecular complexity index is 640. The first-order valence-corrected chi connectivity index (χ1v) is 7.17. The Morgan fingerprint density at radius 1 is 1.05 bits per heavy atom. The maximum atomic E-state index is 6.56. The Kier molecular flexibility index (Phi) is 3.88. The number of methoxy groups -OCH3 is 1. The highest BCUT2D eigenvalue weighted by molar-refractivity contribution is 6.32. The summed E-state index contributed by atoms with van der Waals surface area (Å²) in [7, 11) is 1.60. The number of hydrogen-bond acceptors (Lipinski definition) is 2. The van der Waals surface area contributed by atoms with E-state index in [0.717, 1.165) is 11.1 Å². The summed E-state index contributed by atoms with van der Waals surface area (Å²) in [5.74, 6) is 0.654. The van der Waals surface area contributed by atoms with Crippen LogP contribution in [0.5, 0.6) is 5.75 Å². The number of rotatable bonds is 3. The Hall–Kier alpha value is -1.22. The standard InChI is InChI=1S/C16H14Cl2O2/c1-19-15-5-4-11(7-14(15)17)16(18)10-2-3-12-8-20-9-13(12)6-10/h2-7,16H,8-9H2,1H3. The summed E-state index contributed by atoms with van der Waals surface area (Å²) >= 11 is 12.7. The fourth-order valence-electron chi connectivity index (χ4n) is 2.38. The number of alkyl halides is 1. The average molecular weight is 309 g/mol. The van der Waals surface area contributed by atoms with Crippen LogP contribution in [0.2, 0.25) is 5.02 Å². The first kappa shape index (κ1) is 13.7. The molecule has 1 atom stereocenters. The van der Waals surface area contributed by atoms with Crippen molar-refractivity contribution in [2.24, 2.45) is 0 Å². The van der Waals surface area contributed by atoms with Crippen molar-refractivity contribution in [2.75, 3.05) is 7.11 Å². The van der Waals surface area contributed by atoms with Crippen LogP contribution in [-0.2, 0) is 18.0 Å². The van der Waals surface area contributed by atoms with E-state index in [1.807, 2.05) is 24.3 Å². The van der Waals surface area contributed by atoms with Gasteiger partial charge in [0, 0.05) is 0 Å². The van der Waals surface area contributed by atoms with Crippen molar-refractivity contribution in [2.45, 2.75) is 18.6 Å². The second-order valence-corrected chi connectivity index (χ2v) is 5.62. The van der Waals surface area contributed by atoms with E-state index in [0.29, 0.717) is 24.0 Å². The van der Waals surface area contributed by atoms with Crippen molar-refractivity contribution < 1.29 is 9.47 Å². The topological polar surface area (TPSA) is 18.5 Å². The summed E-state index contributed by atoms with van der Waals surface area (Å²) in [5, 5.41) is 0.337. The number of fused-ring (bicyclic) bond motifs is 1. The summed E-state index contributed by atoms with van der Waals surface area (Å²) in [4.78, 5) is 0. The number of hydrogen-bond donors (Lipinski definition) is 0. The van der Waals surface area contributed by atoms with Gasteiger partial charge in [0.05, 0.1) is 30.7 Å². The molecule has 3 rings (SSSR count). The van der Waals surface area contributed by atoms with E-state index in [1.54, 1.807) is 7.11 Å². The zero-order chi connectivity index (χ0) is 14.1. The van der Waals surface area contributed by atoms with Gasteiger partial charge in [0.25, 0.3) is 0 Å². The first-order chi connectivity index (χ1) is 9.69. The fraction of sp³-hybridized carbons (Fsp3) is 0.250. The van der Waals surface area contributed by atoms with E-state index in [1.165, 1.54) is 11.1 Å². The molecule has 1 unspecified atom stereocenters. The summed E-state index contributed by atoms with van der Waals surface area (Å²) in [6, 6.07) is 11.9. The molecule has 4 heteroatoms. The molecule has 0 saturated carbocycles. The summed E-state index contributed by atoms with van der Waals surface area (Å²) in [6.07, 6.45) is 0. The van der Waals surface area contributed by atoms with Gasteiger partial charge in [-0.25, -0.2) is 0 Å². The Morgan fingerprint density at radius 2 is 1.75 bits per heavy atom. The van der Waals surface area contributed by atoms with Gasteiger partial charge in [0.15, 0.2) is 0 Å². The highest BCUT2D eigenvalue weighted by atomic mass is 35.5. The van der Waals surface area contributed by atoms with Gasteiger partial charge in [-0.2, -0.15) is 0 Å². The molecule has 2 aromatic rings. The van der Waals surface area contributed by atoms with Gasteiger partial charge in [-0.3, -0.25) is 0 Å². The summed E-state index contributed by atoms with van der Waals surface area (Å²) in [6.45, 7) is 1.35. The molecule has 2 aromatic carbocycles. The van der Waals surface area contributed by atoms with Gasteiger partial charge in [0.2, 0.25) is 0 Å². The van der Waals surface area contributed by atoms with Gasteiger partial charge in [-0.05, 0) is 34.4 Å². The third kappa shape index (κ3) is 2.51. The predicted molar refractivity (Wildman–Crippen MR) is 80.6 cm³/mol. The molecule has 0 bridgehead atoms. The van der Waals surface area contributed by atoms with Crippen molar-refractivity contribution in [3.05, 3.63) is 63.7 Å². The molecule has 1 heterocycles. The van der Waals surface area contributed by atoms with Crippen LogP contribution >= 0.6 is 23.2 Å². The molecule has 0 aromatic heterocycles. The maximum absolute atomic E-state index is 6.56. The molecular formula is C16H14Cl2O2. The van der Waals surface area contributed by atoms with Crippen LogP contribution in [-0.4, -0.2) is 7.11 Å². The molecule has 2 nitrogen and oxygen atoms in total. The van der Waals surface area contributed by atoms with Gasteiger partial charge < -0.3 is 9.47 Å². The van der Waals surface area contributed by atoms with E-state index in [4.69, 9.17) is 32.7 Å². The van der Waals surface area contributed by atoms with Crippen LogP contribution in [0.4, 0.5) is 0 Å². The highest BCUT2D eigenvalue weighted by Crippen LogP contribution is 2.35. The molecular weight excluding hydrogens is 295 g/mol. The van der Waals surface area contributed by atoms with Crippen molar-refractivity contribution >= 4 is 23.2 Å². The van der Waals surface area contributed by atoms with E-state index in [2.05, 4.69) is 12.1 Å². The van der Waals surface area contributed by atoms with Gasteiger partial charge >= 0.3 is 0 Å². The maximum Gasteiger partial charge on any atom is 0.137 e. The van der Waals surface area contributed by atoms with Gasteiger partial charge in [-0.15, -0.1) is 11.6 Å². The van der Waals surface area contributed by atoms with Crippen LogP contribution in [0.3, 0.4) is 0 Å². The lowest BCUT2D eigenvalue weighted by Crippen LogP contribution is -1.96. The quantitative estimate of drug-likeness (QED) is 0.765.